The molecule has 3 nitrogen and oxygen atoms in total. The number of amides is 1. The minimum atomic E-state index is 0.0427. The molecule has 0 radical (unpaired) electrons. The van der Waals surface area contributed by atoms with Crippen molar-refractivity contribution in [2.75, 3.05) is 5.32 Å². The molecule has 3 heteroatoms. The molecule has 1 amide bonds. The monoisotopic (exact) mass is 283 g/mol. The number of anilines is 1. The second-order valence-electron chi connectivity index (χ2n) is 6.10. The molecule has 3 rings (SSSR count). The van der Waals surface area contributed by atoms with E-state index < -0.39 is 0 Å². The summed E-state index contributed by atoms with van der Waals surface area (Å²) in [7, 11) is 0. The second kappa shape index (κ2) is 5.84. The van der Waals surface area contributed by atoms with Crippen molar-refractivity contribution in [2.45, 2.75) is 32.6 Å². The van der Waals surface area contributed by atoms with E-state index in [1.165, 1.54) is 0 Å². The zero-order valence-corrected chi connectivity index (χ0v) is 12.3. The highest BCUT2D eigenvalue weighted by Gasteiger charge is 2.53. The van der Waals surface area contributed by atoms with Crippen molar-refractivity contribution in [3.8, 4) is 0 Å². The van der Waals surface area contributed by atoms with Crippen molar-refractivity contribution in [1.82, 2.24) is 0 Å². The van der Waals surface area contributed by atoms with Gasteiger partial charge in [0.15, 0.2) is 5.78 Å². The first-order valence-electron chi connectivity index (χ1n) is 7.73. The second-order valence-corrected chi connectivity index (χ2v) is 6.10. The molecule has 2 aliphatic rings. The van der Waals surface area contributed by atoms with Gasteiger partial charge in [-0.15, -0.1) is 0 Å². The summed E-state index contributed by atoms with van der Waals surface area (Å²) >= 11 is 0. The third-order valence-corrected chi connectivity index (χ3v) is 4.69. The van der Waals surface area contributed by atoms with Gasteiger partial charge in [0.1, 0.15) is 0 Å². The Labute approximate surface area is 125 Å². The van der Waals surface area contributed by atoms with E-state index in [1.807, 2.05) is 0 Å². The summed E-state index contributed by atoms with van der Waals surface area (Å²) in [4.78, 5) is 23.6. The third-order valence-electron chi connectivity index (χ3n) is 4.69. The van der Waals surface area contributed by atoms with E-state index in [0.717, 1.165) is 31.4 Å². The SMILES string of the molecule is CC(=O)c1ccc(NC(=O)C2[C@H]3CCC=CCC[C@@H]23)cc1. The number of nitrogens with one attached hydrogen (secondary N) is 1. The number of hydrogen-bond donors (Lipinski definition) is 1. The smallest absolute Gasteiger partial charge is 0.228 e. The van der Waals surface area contributed by atoms with Crippen LogP contribution in [-0.4, -0.2) is 11.7 Å². The first kappa shape index (κ1) is 14.1. The van der Waals surface area contributed by atoms with Crippen LogP contribution in [0.3, 0.4) is 0 Å². The Bertz CT molecular complexity index is 557. The molecule has 0 bridgehead atoms. The standard InChI is InChI=1S/C18H21NO2/c1-12(20)13-8-10-14(11-9-13)19-18(21)17-15-6-4-2-3-5-7-16(15)17/h2-3,8-11,15-17H,4-7H2,1H3,(H,19,21)/t15-,16+,17?. The van der Waals surface area contributed by atoms with E-state index in [-0.39, 0.29) is 17.6 Å². The van der Waals surface area contributed by atoms with Gasteiger partial charge in [0.2, 0.25) is 5.91 Å². The summed E-state index contributed by atoms with van der Waals surface area (Å²) in [6.45, 7) is 1.54. The normalized spacial score (nSPS) is 27.2. The van der Waals surface area contributed by atoms with E-state index in [4.69, 9.17) is 0 Å². The fourth-order valence-electron chi connectivity index (χ4n) is 3.45. The van der Waals surface area contributed by atoms with Crippen LogP contribution >= 0.6 is 0 Å². The van der Waals surface area contributed by atoms with Crippen LogP contribution in [0.25, 0.3) is 0 Å². The molecule has 0 aromatic heterocycles. The lowest BCUT2D eigenvalue weighted by Gasteiger charge is -2.05. The molecule has 1 fully saturated rings. The van der Waals surface area contributed by atoms with Gasteiger partial charge in [-0.05, 0) is 68.7 Å². The number of carbonyl (C=O) groups is 2. The Morgan fingerprint density at radius 3 is 2.10 bits per heavy atom. The fourth-order valence-corrected chi connectivity index (χ4v) is 3.45. The molecule has 0 saturated heterocycles. The van der Waals surface area contributed by atoms with E-state index in [2.05, 4.69) is 17.5 Å². The zero-order chi connectivity index (χ0) is 14.8. The van der Waals surface area contributed by atoms with Gasteiger partial charge >= 0.3 is 0 Å². The molecule has 0 spiro atoms. The first-order chi connectivity index (χ1) is 10.2. The van der Waals surface area contributed by atoms with Gasteiger partial charge < -0.3 is 5.32 Å². The maximum atomic E-state index is 12.4. The van der Waals surface area contributed by atoms with Crippen LogP contribution in [0, 0.1) is 17.8 Å². The van der Waals surface area contributed by atoms with Crippen molar-refractivity contribution < 1.29 is 9.59 Å². The van der Waals surface area contributed by atoms with E-state index in [9.17, 15) is 9.59 Å². The minimum absolute atomic E-state index is 0.0427. The summed E-state index contributed by atoms with van der Waals surface area (Å²) in [6, 6.07) is 7.14. The lowest BCUT2D eigenvalue weighted by molar-refractivity contribution is -0.117. The molecule has 1 N–H and O–H groups in total. The van der Waals surface area contributed by atoms with Crippen LogP contribution in [0.5, 0.6) is 0 Å². The Hall–Kier alpha value is -1.90. The summed E-state index contributed by atoms with van der Waals surface area (Å²) in [5, 5.41) is 3.00. The van der Waals surface area contributed by atoms with Crippen LogP contribution in [0.2, 0.25) is 0 Å². The van der Waals surface area contributed by atoms with Gasteiger partial charge in [0.25, 0.3) is 0 Å². The molecule has 0 heterocycles. The highest BCUT2D eigenvalue weighted by atomic mass is 16.2. The molecule has 3 atom stereocenters. The van der Waals surface area contributed by atoms with Crippen LogP contribution in [0.1, 0.15) is 43.0 Å². The van der Waals surface area contributed by atoms with Crippen LogP contribution in [0.15, 0.2) is 36.4 Å². The number of Topliss-reactive ketones (excluding diaryl/α,β-unsaturated/α-hetero) is 1. The Balaban J connectivity index is 1.61. The number of benzene rings is 1. The zero-order valence-electron chi connectivity index (χ0n) is 12.3. The van der Waals surface area contributed by atoms with Gasteiger partial charge in [-0.3, -0.25) is 9.59 Å². The van der Waals surface area contributed by atoms with Crippen molar-refractivity contribution in [1.29, 1.82) is 0 Å². The molecule has 21 heavy (non-hydrogen) atoms. The largest absolute Gasteiger partial charge is 0.326 e. The van der Waals surface area contributed by atoms with E-state index in [1.54, 1.807) is 31.2 Å². The summed E-state index contributed by atoms with van der Waals surface area (Å²) in [5.74, 6) is 1.49. The minimum Gasteiger partial charge on any atom is -0.326 e. The number of fused-ring (bicyclic) bond motifs is 1. The van der Waals surface area contributed by atoms with E-state index in [0.29, 0.717) is 17.4 Å². The van der Waals surface area contributed by atoms with Gasteiger partial charge in [0.05, 0.1) is 0 Å². The maximum Gasteiger partial charge on any atom is 0.228 e. The highest BCUT2D eigenvalue weighted by Crippen LogP contribution is 2.53. The van der Waals surface area contributed by atoms with Crippen LogP contribution < -0.4 is 5.32 Å². The topological polar surface area (TPSA) is 46.2 Å². The number of allylic oxidation sites excluding steroid dienone is 2. The predicted octanol–water partition coefficient (Wildman–Crippen LogP) is 3.82. The quantitative estimate of drug-likeness (QED) is 0.677. The molecular weight excluding hydrogens is 262 g/mol. The Kier molecular flexibility index (Phi) is 3.91. The van der Waals surface area contributed by atoms with Crippen LogP contribution in [0.4, 0.5) is 5.69 Å². The van der Waals surface area contributed by atoms with Gasteiger partial charge in [0, 0.05) is 17.2 Å². The van der Waals surface area contributed by atoms with Crippen molar-refractivity contribution in [2.24, 2.45) is 17.8 Å². The molecule has 1 aromatic rings. The van der Waals surface area contributed by atoms with Gasteiger partial charge in [-0.25, -0.2) is 0 Å². The first-order valence-corrected chi connectivity index (χ1v) is 7.73. The number of carbonyl (C=O) groups excluding carboxylic acids is 2. The van der Waals surface area contributed by atoms with Crippen molar-refractivity contribution in [3.63, 3.8) is 0 Å². The molecule has 0 aliphatic heterocycles. The molecule has 1 saturated carbocycles. The molecule has 1 aromatic carbocycles. The number of rotatable bonds is 3. The lowest BCUT2D eigenvalue weighted by Crippen LogP contribution is -2.15. The fraction of sp³-hybridized carbons (Fsp3) is 0.444. The predicted molar refractivity (Wildman–Crippen MR) is 83.2 cm³/mol. The summed E-state index contributed by atoms with van der Waals surface area (Å²) in [5.41, 5.74) is 1.45. The van der Waals surface area contributed by atoms with Gasteiger partial charge in [-0.2, -0.15) is 0 Å². The highest BCUT2D eigenvalue weighted by molar-refractivity contribution is 5.97. The number of hydrogen-bond acceptors (Lipinski definition) is 2. The average Bonchev–Trinajstić information content (AvgIpc) is 3.10. The third kappa shape index (κ3) is 3.07. The molecular formula is C18H21NO2. The lowest BCUT2D eigenvalue weighted by atomic mass is 10.1. The number of ketones is 1. The van der Waals surface area contributed by atoms with E-state index >= 15 is 0 Å². The Morgan fingerprint density at radius 1 is 1.00 bits per heavy atom. The van der Waals surface area contributed by atoms with Crippen molar-refractivity contribution >= 4 is 17.4 Å². The summed E-state index contributed by atoms with van der Waals surface area (Å²) < 4.78 is 0. The van der Waals surface area contributed by atoms with Gasteiger partial charge in [-0.1, -0.05) is 12.2 Å². The summed E-state index contributed by atoms with van der Waals surface area (Å²) in [6.07, 6.45) is 8.93. The maximum absolute atomic E-state index is 12.4. The molecule has 2 aliphatic carbocycles. The molecule has 1 unspecified atom stereocenters. The molecule has 110 valence electrons. The Morgan fingerprint density at radius 2 is 1.57 bits per heavy atom. The average molecular weight is 283 g/mol. The van der Waals surface area contributed by atoms with Crippen LogP contribution in [-0.2, 0) is 4.79 Å². The van der Waals surface area contributed by atoms with Crippen molar-refractivity contribution in [3.05, 3.63) is 42.0 Å².